The predicted octanol–water partition coefficient (Wildman–Crippen LogP) is 2.16. The van der Waals surface area contributed by atoms with E-state index in [1.165, 1.54) is 5.69 Å². The number of rotatable bonds is 4. The molecule has 1 aromatic rings. The summed E-state index contributed by atoms with van der Waals surface area (Å²) in [5, 5.41) is 4.51. The van der Waals surface area contributed by atoms with Crippen LogP contribution in [-0.4, -0.2) is 34.1 Å². The molecule has 0 saturated carbocycles. The van der Waals surface area contributed by atoms with Crippen molar-refractivity contribution in [2.75, 3.05) is 13.1 Å². The molecule has 1 aromatic heterocycles. The second kappa shape index (κ2) is 5.97. The molecule has 1 aliphatic heterocycles. The number of nitrogens with zero attached hydrogens (tertiary/aromatic N) is 3. The van der Waals surface area contributed by atoms with E-state index in [2.05, 4.69) is 32.9 Å². The van der Waals surface area contributed by atoms with E-state index in [1.807, 2.05) is 11.7 Å². The predicted molar refractivity (Wildman–Crippen MR) is 74.4 cm³/mol. The van der Waals surface area contributed by atoms with Crippen LogP contribution < -0.4 is 0 Å². The number of hydrogen-bond donors (Lipinski definition) is 0. The van der Waals surface area contributed by atoms with E-state index in [1.54, 1.807) is 0 Å². The zero-order valence-electron chi connectivity index (χ0n) is 11.0. The summed E-state index contributed by atoms with van der Waals surface area (Å²) in [5.74, 6) is 0.266. The van der Waals surface area contributed by atoms with Crippen LogP contribution in [0.4, 0.5) is 0 Å². The molecule has 0 bridgehead atoms. The van der Waals surface area contributed by atoms with Gasteiger partial charge in [0.05, 0.1) is 15.9 Å². The van der Waals surface area contributed by atoms with Crippen LogP contribution in [0.25, 0.3) is 0 Å². The van der Waals surface area contributed by atoms with Gasteiger partial charge in [0.1, 0.15) is 6.29 Å². The smallest absolute Gasteiger partial charge is 0.123 e. The Morgan fingerprint density at radius 2 is 2.11 bits per heavy atom. The maximum Gasteiger partial charge on any atom is 0.123 e. The van der Waals surface area contributed by atoms with Crippen LogP contribution in [0.1, 0.15) is 31.2 Å². The number of carbonyl (C=O) groups excluding carboxylic acids is 1. The molecule has 2 heterocycles. The molecule has 1 aliphatic rings. The first kappa shape index (κ1) is 13.7. The molecule has 5 heteroatoms. The van der Waals surface area contributed by atoms with Crippen LogP contribution in [0.5, 0.6) is 0 Å². The lowest BCUT2D eigenvalue weighted by atomic mass is 9.98. The first-order valence-electron chi connectivity index (χ1n) is 6.53. The molecule has 100 valence electrons. The quantitative estimate of drug-likeness (QED) is 0.799. The van der Waals surface area contributed by atoms with Crippen molar-refractivity contribution >= 4 is 22.2 Å². The fourth-order valence-electron chi connectivity index (χ4n) is 2.45. The zero-order chi connectivity index (χ0) is 13.1. The number of aryl methyl sites for hydroxylation is 2. The van der Waals surface area contributed by atoms with Gasteiger partial charge in [0, 0.05) is 19.5 Å². The van der Waals surface area contributed by atoms with Gasteiger partial charge < -0.3 is 4.79 Å². The zero-order valence-corrected chi connectivity index (χ0v) is 12.6. The molecule has 0 unspecified atom stereocenters. The van der Waals surface area contributed by atoms with Gasteiger partial charge in [-0.25, -0.2) is 0 Å². The lowest BCUT2D eigenvalue weighted by Gasteiger charge is -2.29. The van der Waals surface area contributed by atoms with Crippen molar-refractivity contribution < 1.29 is 4.79 Å². The average molecular weight is 314 g/mol. The van der Waals surface area contributed by atoms with E-state index in [0.29, 0.717) is 0 Å². The Bertz CT molecular complexity index is 422. The van der Waals surface area contributed by atoms with Crippen molar-refractivity contribution in [3.63, 3.8) is 0 Å². The number of piperidine rings is 1. The maximum absolute atomic E-state index is 10.7. The summed E-state index contributed by atoms with van der Waals surface area (Å²) in [6, 6.07) is 0. The van der Waals surface area contributed by atoms with Gasteiger partial charge in [-0.1, -0.05) is 6.92 Å². The van der Waals surface area contributed by atoms with Crippen LogP contribution in [0, 0.1) is 5.92 Å². The topological polar surface area (TPSA) is 38.1 Å². The third-order valence-corrected chi connectivity index (χ3v) is 4.62. The molecule has 0 atom stereocenters. The van der Waals surface area contributed by atoms with Gasteiger partial charge in [-0.05, 0) is 48.3 Å². The lowest BCUT2D eigenvalue weighted by Crippen LogP contribution is -2.34. The molecular formula is C13H20BrN3O. The number of halogens is 1. The van der Waals surface area contributed by atoms with Crippen molar-refractivity contribution in [2.45, 2.75) is 32.7 Å². The van der Waals surface area contributed by atoms with Gasteiger partial charge in [0.15, 0.2) is 0 Å². The van der Waals surface area contributed by atoms with Gasteiger partial charge in [-0.2, -0.15) is 5.10 Å². The van der Waals surface area contributed by atoms with Crippen LogP contribution in [0.3, 0.4) is 0 Å². The third-order valence-electron chi connectivity index (χ3n) is 3.70. The molecular weight excluding hydrogens is 294 g/mol. The van der Waals surface area contributed by atoms with Crippen LogP contribution >= 0.6 is 15.9 Å². The van der Waals surface area contributed by atoms with E-state index >= 15 is 0 Å². The molecule has 2 rings (SSSR count). The number of hydrogen-bond acceptors (Lipinski definition) is 3. The van der Waals surface area contributed by atoms with Gasteiger partial charge in [-0.3, -0.25) is 9.58 Å². The highest BCUT2D eigenvalue weighted by molar-refractivity contribution is 9.10. The molecule has 0 amide bonds. The maximum atomic E-state index is 10.7. The Hall–Kier alpha value is -0.680. The van der Waals surface area contributed by atoms with Gasteiger partial charge >= 0.3 is 0 Å². The van der Waals surface area contributed by atoms with Crippen molar-refractivity contribution in [3.8, 4) is 0 Å². The minimum absolute atomic E-state index is 0.266. The van der Waals surface area contributed by atoms with E-state index in [-0.39, 0.29) is 5.92 Å². The fraction of sp³-hybridized carbons (Fsp3) is 0.692. The lowest BCUT2D eigenvalue weighted by molar-refractivity contribution is -0.112. The van der Waals surface area contributed by atoms with E-state index < -0.39 is 0 Å². The largest absolute Gasteiger partial charge is 0.303 e. The molecule has 0 spiro atoms. The van der Waals surface area contributed by atoms with Gasteiger partial charge in [0.25, 0.3) is 0 Å². The Morgan fingerprint density at radius 1 is 1.44 bits per heavy atom. The third kappa shape index (κ3) is 2.83. The van der Waals surface area contributed by atoms with Gasteiger partial charge in [-0.15, -0.1) is 0 Å². The summed E-state index contributed by atoms with van der Waals surface area (Å²) in [6.45, 7) is 5.03. The number of likely N-dealkylation sites (tertiary alicyclic amines) is 1. The summed E-state index contributed by atoms with van der Waals surface area (Å²) < 4.78 is 3.11. The summed E-state index contributed by atoms with van der Waals surface area (Å²) in [6.07, 6.45) is 4.02. The standard InChI is InChI=1S/C13H20BrN3O/c1-3-11-13(14)12(16(2)15-11)8-17-6-4-10(9-18)5-7-17/h9-10H,3-8H2,1-2H3. The molecule has 1 fully saturated rings. The minimum atomic E-state index is 0.266. The van der Waals surface area contributed by atoms with Gasteiger partial charge in [0.2, 0.25) is 0 Å². The molecule has 4 nitrogen and oxygen atoms in total. The highest BCUT2D eigenvalue weighted by atomic mass is 79.9. The molecule has 0 aromatic carbocycles. The summed E-state index contributed by atoms with van der Waals surface area (Å²) in [4.78, 5) is 13.1. The normalized spacial score (nSPS) is 18.2. The second-order valence-corrected chi connectivity index (χ2v) is 5.73. The highest BCUT2D eigenvalue weighted by Crippen LogP contribution is 2.24. The summed E-state index contributed by atoms with van der Waals surface area (Å²) >= 11 is 3.65. The first-order chi connectivity index (χ1) is 8.65. The second-order valence-electron chi connectivity index (χ2n) is 4.93. The van der Waals surface area contributed by atoms with Crippen LogP contribution in [0.2, 0.25) is 0 Å². The molecule has 0 aliphatic carbocycles. The molecule has 18 heavy (non-hydrogen) atoms. The Labute approximate surface area is 116 Å². The van der Waals surface area contributed by atoms with E-state index in [0.717, 1.165) is 55.3 Å². The van der Waals surface area contributed by atoms with Crippen molar-refractivity contribution in [3.05, 3.63) is 15.9 Å². The number of carbonyl (C=O) groups is 1. The van der Waals surface area contributed by atoms with Crippen molar-refractivity contribution in [1.29, 1.82) is 0 Å². The first-order valence-corrected chi connectivity index (χ1v) is 7.32. The molecule has 0 N–H and O–H groups in total. The van der Waals surface area contributed by atoms with Crippen molar-refractivity contribution in [2.24, 2.45) is 13.0 Å². The molecule has 0 radical (unpaired) electrons. The summed E-state index contributed by atoms with van der Waals surface area (Å²) in [5.41, 5.74) is 2.35. The summed E-state index contributed by atoms with van der Waals surface area (Å²) in [7, 11) is 2.00. The SMILES string of the molecule is CCc1nn(C)c(CN2CCC(C=O)CC2)c1Br. The molecule has 1 saturated heterocycles. The average Bonchev–Trinajstić information content (AvgIpc) is 2.67. The van der Waals surface area contributed by atoms with E-state index in [9.17, 15) is 4.79 Å². The highest BCUT2D eigenvalue weighted by Gasteiger charge is 2.21. The Kier molecular flexibility index (Phi) is 4.56. The Balaban J connectivity index is 2.02. The van der Waals surface area contributed by atoms with E-state index in [4.69, 9.17) is 0 Å². The Morgan fingerprint density at radius 3 is 2.61 bits per heavy atom. The van der Waals surface area contributed by atoms with Crippen molar-refractivity contribution in [1.82, 2.24) is 14.7 Å². The van der Waals surface area contributed by atoms with Crippen LogP contribution in [-0.2, 0) is 24.8 Å². The monoisotopic (exact) mass is 313 g/mol. The number of aromatic nitrogens is 2. The minimum Gasteiger partial charge on any atom is -0.303 e. The number of aldehydes is 1. The fourth-order valence-corrected chi connectivity index (χ4v) is 3.19. The van der Waals surface area contributed by atoms with Crippen LogP contribution in [0.15, 0.2) is 4.47 Å².